The summed E-state index contributed by atoms with van der Waals surface area (Å²) < 4.78 is 0. The predicted octanol–water partition coefficient (Wildman–Crippen LogP) is 10.6. The molecule has 10 nitrogen and oxygen atoms in total. The lowest BCUT2D eigenvalue weighted by atomic mass is 9.66. The molecular weight excluding hydrogens is 777 g/mol. The summed E-state index contributed by atoms with van der Waals surface area (Å²) in [6, 6.07) is 43.3. The first-order valence-electron chi connectivity index (χ1n) is 21.0. The average Bonchev–Trinajstić information content (AvgIpc) is 3.80. The average molecular weight is 813 g/mol. The normalized spacial score (nSPS) is 16.8. The van der Waals surface area contributed by atoms with Crippen LogP contribution in [0.3, 0.4) is 0 Å². The van der Waals surface area contributed by atoms with Crippen molar-refractivity contribution in [1.82, 2.24) is 49.8 Å². The van der Waals surface area contributed by atoms with Gasteiger partial charge in [0.15, 0.2) is 34.9 Å². The summed E-state index contributed by atoms with van der Waals surface area (Å²) in [5.41, 5.74) is 14.8. The molecule has 63 heavy (non-hydrogen) atoms. The van der Waals surface area contributed by atoms with Crippen LogP contribution in [0, 0.1) is 12.8 Å². The summed E-state index contributed by atoms with van der Waals surface area (Å²) in [6.07, 6.45) is 12.6. The molecular formula is C53H36N10. The fourth-order valence-corrected chi connectivity index (χ4v) is 9.50. The zero-order valence-corrected chi connectivity index (χ0v) is 34.3. The van der Waals surface area contributed by atoms with Crippen molar-refractivity contribution in [3.63, 3.8) is 0 Å². The maximum Gasteiger partial charge on any atom is 0.182 e. The van der Waals surface area contributed by atoms with E-state index in [0.29, 0.717) is 63.6 Å². The third kappa shape index (κ3) is 5.94. The van der Waals surface area contributed by atoms with E-state index in [4.69, 9.17) is 29.9 Å². The van der Waals surface area contributed by atoms with Crippen molar-refractivity contribution in [3.05, 3.63) is 198 Å². The van der Waals surface area contributed by atoms with Gasteiger partial charge in [0.25, 0.3) is 0 Å². The van der Waals surface area contributed by atoms with Crippen LogP contribution in [0.2, 0.25) is 0 Å². The van der Waals surface area contributed by atoms with Crippen LogP contribution < -0.4 is 0 Å². The van der Waals surface area contributed by atoms with Crippen molar-refractivity contribution in [2.24, 2.45) is 5.92 Å². The number of aromatic nitrogens is 10. The molecule has 6 heterocycles. The van der Waals surface area contributed by atoms with Crippen molar-refractivity contribution in [1.29, 1.82) is 0 Å². The molecule has 0 saturated carbocycles. The van der Waals surface area contributed by atoms with Gasteiger partial charge in [0, 0.05) is 35.9 Å². The number of benzene rings is 3. The Morgan fingerprint density at radius 1 is 0.444 bits per heavy atom. The van der Waals surface area contributed by atoms with E-state index in [2.05, 4.69) is 101 Å². The lowest BCUT2D eigenvalue weighted by molar-refractivity contribution is 0.630. The molecule has 0 bridgehead atoms. The second-order valence-corrected chi connectivity index (χ2v) is 16.2. The van der Waals surface area contributed by atoms with E-state index in [1.54, 1.807) is 24.8 Å². The van der Waals surface area contributed by atoms with Crippen LogP contribution in [-0.2, 0) is 5.41 Å². The molecule has 298 valence electrons. The Labute approximate surface area is 363 Å². The van der Waals surface area contributed by atoms with Gasteiger partial charge in [0.05, 0.1) is 5.41 Å². The molecule has 3 aliphatic rings. The summed E-state index contributed by atoms with van der Waals surface area (Å²) >= 11 is 0. The fourth-order valence-electron chi connectivity index (χ4n) is 9.50. The van der Waals surface area contributed by atoms with Crippen LogP contribution in [0.4, 0.5) is 0 Å². The van der Waals surface area contributed by atoms with Gasteiger partial charge in [-0.1, -0.05) is 91.4 Å². The predicted molar refractivity (Wildman–Crippen MR) is 243 cm³/mol. The molecule has 0 radical (unpaired) electrons. The van der Waals surface area contributed by atoms with Crippen LogP contribution in [0.1, 0.15) is 41.2 Å². The maximum absolute atomic E-state index is 5.09. The highest BCUT2D eigenvalue weighted by atomic mass is 15.1. The summed E-state index contributed by atoms with van der Waals surface area (Å²) in [5.74, 6) is 3.35. The molecule has 12 rings (SSSR count). The number of nitrogens with zero attached hydrogens (tertiary/aromatic N) is 10. The summed E-state index contributed by atoms with van der Waals surface area (Å²) in [5, 5.41) is 0. The first-order valence-corrected chi connectivity index (χ1v) is 21.0. The summed E-state index contributed by atoms with van der Waals surface area (Å²) in [7, 11) is 0. The lowest BCUT2D eigenvalue weighted by Gasteiger charge is -2.35. The molecule has 2 atom stereocenters. The second-order valence-electron chi connectivity index (χ2n) is 16.2. The van der Waals surface area contributed by atoms with Crippen molar-refractivity contribution >= 4 is 5.57 Å². The molecule has 9 aromatic rings. The molecule has 0 fully saturated rings. The fraction of sp³-hybridized carbons (Fsp3) is 0.0943. The summed E-state index contributed by atoms with van der Waals surface area (Å²) in [4.78, 5) is 48.6. The molecule has 1 spiro atoms. The largest absolute Gasteiger partial charge is 0.253 e. The van der Waals surface area contributed by atoms with Crippen molar-refractivity contribution in [2.75, 3.05) is 0 Å². The standard InChI is InChI=1S/C53H36N10/c1-31-15-19-35-37-21-17-33(47-58-49(43-11-3-7-23-54-43)62-50(59-47)44-12-4-8-24-55-44)29-41(37)53(39(35)27-31)40-28-32(2)16-20-36(40)38-22-18-34(30-42(38)53)48-60-51(45-13-5-9-25-56-45)63-52(61-48)46-14-6-10-26-57-46/h3-27,29-30,32H,28H2,1-2H3. The van der Waals surface area contributed by atoms with Gasteiger partial charge in [-0.3, -0.25) is 19.9 Å². The molecule has 3 aliphatic carbocycles. The number of allylic oxidation sites excluding steroid dienone is 4. The van der Waals surface area contributed by atoms with Gasteiger partial charge in [-0.25, -0.2) is 29.9 Å². The Morgan fingerprint density at radius 2 is 0.857 bits per heavy atom. The number of rotatable bonds is 6. The van der Waals surface area contributed by atoms with Crippen LogP contribution in [0.25, 0.3) is 85.5 Å². The molecule has 6 aromatic heterocycles. The number of hydrogen-bond acceptors (Lipinski definition) is 10. The highest BCUT2D eigenvalue weighted by molar-refractivity contribution is 5.98. The minimum atomic E-state index is -0.631. The molecule has 2 unspecified atom stereocenters. The van der Waals surface area contributed by atoms with E-state index < -0.39 is 5.41 Å². The second kappa shape index (κ2) is 14.5. The quantitative estimate of drug-likeness (QED) is 0.160. The van der Waals surface area contributed by atoms with E-state index in [9.17, 15) is 0 Å². The zero-order chi connectivity index (χ0) is 42.1. The van der Waals surface area contributed by atoms with Crippen LogP contribution in [0.5, 0.6) is 0 Å². The third-order valence-corrected chi connectivity index (χ3v) is 12.3. The number of hydrogen-bond donors (Lipinski definition) is 0. The SMILES string of the molecule is Cc1ccc2c(c1)C1(C3=C(C=CC(C)C3)c3ccc(-c4nc(-c5ccccn5)nc(-c5ccccn5)n4)cc31)c1cc(-c3nc(-c4ccccn4)nc(-c4ccccn4)n3)ccc1-2. The first kappa shape index (κ1) is 36.6. The molecule has 0 amide bonds. The van der Waals surface area contributed by atoms with Gasteiger partial charge < -0.3 is 0 Å². The van der Waals surface area contributed by atoms with E-state index in [1.165, 1.54) is 50.1 Å². The van der Waals surface area contributed by atoms with Gasteiger partial charge in [0.1, 0.15) is 22.8 Å². The number of pyridine rings is 4. The summed E-state index contributed by atoms with van der Waals surface area (Å²) in [6.45, 7) is 4.48. The maximum atomic E-state index is 5.09. The van der Waals surface area contributed by atoms with Crippen LogP contribution in [-0.4, -0.2) is 49.8 Å². The van der Waals surface area contributed by atoms with Gasteiger partial charge in [-0.15, -0.1) is 0 Å². The minimum absolute atomic E-state index is 0.339. The molecule has 0 aliphatic heterocycles. The molecule has 0 saturated heterocycles. The highest BCUT2D eigenvalue weighted by Crippen LogP contribution is 2.64. The van der Waals surface area contributed by atoms with E-state index in [1.807, 2.05) is 72.8 Å². The Bertz CT molecular complexity index is 3220. The molecule has 10 heteroatoms. The number of fused-ring (bicyclic) bond motifs is 9. The van der Waals surface area contributed by atoms with Gasteiger partial charge in [-0.05, 0) is 124 Å². The van der Waals surface area contributed by atoms with E-state index >= 15 is 0 Å². The van der Waals surface area contributed by atoms with Crippen molar-refractivity contribution < 1.29 is 0 Å². The van der Waals surface area contributed by atoms with Crippen LogP contribution >= 0.6 is 0 Å². The third-order valence-electron chi connectivity index (χ3n) is 12.3. The van der Waals surface area contributed by atoms with Crippen molar-refractivity contribution in [2.45, 2.75) is 25.7 Å². The highest BCUT2D eigenvalue weighted by Gasteiger charge is 2.53. The number of aryl methyl sites for hydroxylation is 1. The minimum Gasteiger partial charge on any atom is -0.253 e. The molecule has 0 N–H and O–H groups in total. The van der Waals surface area contributed by atoms with E-state index in [0.717, 1.165) is 17.5 Å². The van der Waals surface area contributed by atoms with Crippen molar-refractivity contribution in [3.8, 4) is 80.0 Å². The zero-order valence-electron chi connectivity index (χ0n) is 34.3. The molecule has 3 aromatic carbocycles. The van der Waals surface area contributed by atoms with Gasteiger partial charge in [-0.2, -0.15) is 0 Å². The lowest BCUT2D eigenvalue weighted by Crippen LogP contribution is -2.29. The Balaban J connectivity index is 1.10. The monoisotopic (exact) mass is 812 g/mol. The van der Waals surface area contributed by atoms with E-state index in [-0.39, 0.29) is 0 Å². The van der Waals surface area contributed by atoms with Crippen LogP contribution in [0.15, 0.2) is 170 Å². The smallest absolute Gasteiger partial charge is 0.182 e. The Morgan fingerprint density at radius 3 is 1.32 bits per heavy atom. The Kier molecular flexibility index (Phi) is 8.40. The Hall–Kier alpha value is -8.24. The first-order chi connectivity index (χ1) is 31.0. The topological polar surface area (TPSA) is 129 Å². The van der Waals surface area contributed by atoms with Gasteiger partial charge in [0.2, 0.25) is 0 Å². The van der Waals surface area contributed by atoms with Gasteiger partial charge >= 0.3 is 0 Å².